The Labute approximate surface area is 174 Å². The second-order valence-corrected chi connectivity index (χ2v) is 7.40. The summed E-state index contributed by atoms with van der Waals surface area (Å²) in [6.45, 7) is 2.36. The molecule has 1 fully saturated rings. The van der Waals surface area contributed by atoms with Gasteiger partial charge in [-0.3, -0.25) is 14.5 Å². The van der Waals surface area contributed by atoms with E-state index in [4.69, 9.17) is 9.47 Å². The first kappa shape index (κ1) is 20.7. The van der Waals surface area contributed by atoms with E-state index in [1.165, 1.54) is 11.8 Å². The van der Waals surface area contributed by atoms with Crippen molar-refractivity contribution in [2.24, 2.45) is 4.99 Å². The Kier molecular flexibility index (Phi) is 6.77. The highest BCUT2D eigenvalue weighted by molar-refractivity contribution is 8.15. The highest BCUT2D eigenvalue weighted by atomic mass is 32.2. The van der Waals surface area contributed by atoms with Gasteiger partial charge in [0.05, 0.1) is 14.2 Å². The molecule has 2 aromatic carbocycles. The number of benzene rings is 2. The highest BCUT2D eigenvalue weighted by Crippen LogP contribution is 2.33. The normalized spacial score (nSPS) is 17.9. The van der Waals surface area contributed by atoms with E-state index in [1.54, 1.807) is 49.5 Å². The van der Waals surface area contributed by atoms with Crippen LogP contribution in [0.3, 0.4) is 0 Å². The molecule has 2 amide bonds. The summed E-state index contributed by atoms with van der Waals surface area (Å²) in [5.41, 5.74) is 1.25. The van der Waals surface area contributed by atoms with Gasteiger partial charge < -0.3 is 14.8 Å². The van der Waals surface area contributed by atoms with Gasteiger partial charge in [0.1, 0.15) is 22.4 Å². The molecule has 0 aliphatic carbocycles. The van der Waals surface area contributed by atoms with Crippen molar-refractivity contribution in [1.82, 2.24) is 4.90 Å². The number of carbonyl (C=O) groups is 2. The van der Waals surface area contributed by atoms with Crippen LogP contribution in [0, 0.1) is 0 Å². The van der Waals surface area contributed by atoms with E-state index in [2.05, 4.69) is 10.3 Å². The minimum Gasteiger partial charge on any atom is -0.497 e. The van der Waals surface area contributed by atoms with Crippen LogP contribution in [0.15, 0.2) is 53.5 Å². The summed E-state index contributed by atoms with van der Waals surface area (Å²) in [7, 11) is 3.15. The molecule has 8 heteroatoms. The molecule has 29 heavy (non-hydrogen) atoms. The molecular weight excluding hydrogens is 390 g/mol. The molecule has 0 saturated carbocycles. The van der Waals surface area contributed by atoms with Crippen molar-refractivity contribution in [2.75, 3.05) is 26.1 Å². The first-order valence-electron chi connectivity index (χ1n) is 9.19. The van der Waals surface area contributed by atoms with Crippen LogP contribution < -0.4 is 14.8 Å². The lowest BCUT2D eigenvalue weighted by atomic mass is 10.2. The van der Waals surface area contributed by atoms with Gasteiger partial charge in [0.15, 0.2) is 5.17 Å². The molecule has 0 radical (unpaired) electrons. The van der Waals surface area contributed by atoms with E-state index < -0.39 is 5.25 Å². The number of aliphatic imine (C=N–C) groups is 1. The SMILES string of the molecule is CCN1C(=O)CC(C(=O)Nc2ccc(OC)cc2)SC1=Nc1ccccc1OC. The number of anilines is 1. The van der Waals surface area contributed by atoms with E-state index in [9.17, 15) is 9.59 Å². The third-order valence-corrected chi connectivity index (χ3v) is 5.59. The largest absolute Gasteiger partial charge is 0.497 e. The number of carbonyl (C=O) groups excluding carboxylic acids is 2. The molecule has 0 spiro atoms. The Hall–Kier alpha value is -3.00. The topological polar surface area (TPSA) is 80.2 Å². The minimum atomic E-state index is -0.569. The molecule has 3 rings (SSSR count). The van der Waals surface area contributed by atoms with Gasteiger partial charge in [0.2, 0.25) is 11.8 Å². The van der Waals surface area contributed by atoms with Crippen molar-refractivity contribution in [2.45, 2.75) is 18.6 Å². The third-order valence-electron chi connectivity index (χ3n) is 4.41. The van der Waals surface area contributed by atoms with Gasteiger partial charge in [-0.2, -0.15) is 0 Å². The fourth-order valence-electron chi connectivity index (χ4n) is 2.87. The highest BCUT2D eigenvalue weighted by Gasteiger charge is 2.35. The maximum absolute atomic E-state index is 12.8. The van der Waals surface area contributed by atoms with E-state index in [1.807, 2.05) is 25.1 Å². The minimum absolute atomic E-state index is 0.117. The summed E-state index contributed by atoms with van der Waals surface area (Å²) in [6, 6.07) is 14.4. The van der Waals surface area contributed by atoms with Gasteiger partial charge in [-0.05, 0) is 43.3 Å². The zero-order valence-electron chi connectivity index (χ0n) is 16.5. The number of methoxy groups -OCH3 is 2. The number of hydrogen-bond acceptors (Lipinski definition) is 6. The van der Waals surface area contributed by atoms with Crippen LogP contribution in [0.25, 0.3) is 0 Å². The molecule has 0 bridgehead atoms. The predicted octanol–water partition coefficient (Wildman–Crippen LogP) is 3.68. The number of hydrogen-bond donors (Lipinski definition) is 1. The van der Waals surface area contributed by atoms with Crippen molar-refractivity contribution in [1.29, 1.82) is 0 Å². The fraction of sp³-hybridized carbons (Fsp3) is 0.286. The molecule has 1 N–H and O–H groups in total. The number of nitrogens with zero attached hydrogens (tertiary/aromatic N) is 2. The standard InChI is InChI=1S/C21H23N3O4S/c1-4-24-19(25)13-18(20(26)22-14-9-11-15(27-2)12-10-14)29-21(24)23-16-7-5-6-8-17(16)28-3/h5-12,18H,4,13H2,1-3H3,(H,22,26). The van der Waals surface area contributed by atoms with Crippen LogP contribution >= 0.6 is 11.8 Å². The van der Waals surface area contributed by atoms with Gasteiger partial charge >= 0.3 is 0 Å². The van der Waals surface area contributed by atoms with E-state index >= 15 is 0 Å². The third kappa shape index (κ3) is 4.89. The lowest BCUT2D eigenvalue weighted by Gasteiger charge is -2.31. The van der Waals surface area contributed by atoms with Crippen LogP contribution in [0.4, 0.5) is 11.4 Å². The quantitative estimate of drug-likeness (QED) is 0.781. The first-order chi connectivity index (χ1) is 14.0. The summed E-state index contributed by atoms with van der Waals surface area (Å²) in [6.07, 6.45) is 0.117. The zero-order valence-corrected chi connectivity index (χ0v) is 17.4. The van der Waals surface area contributed by atoms with Gasteiger partial charge in [0, 0.05) is 18.7 Å². The van der Waals surface area contributed by atoms with Crippen molar-refractivity contribution in [3.8, 4) is 11.5 Å². The lowest BCUT2D eigenvalue weighted by molar-refractivity contribution is -0.129. The maximum Gasteiger partial charge on any atom is 0.238 e. The van der Waals surface area contributed by atoms with Crippen LogP contribution in [0.5, 0.6) is 11.5 Å². The average molecular weight is 413 g/mol. The number of ether oxygens (including phenoxy) is 2. The van der Waals surface area contributed by atoms with Gasteiger partial charge in [0.25, 0.3) is 0 Å². The summed E-state index contributed by atoms with van der Waals surface area (Å²) in [4.78, 5) is 31.6. The molecule has 152 valence electrons. The van der Waals surface area contributed by atoms with Gasteiger partial charge in [-0.1, -0.05) is 23.9 Å². The Morgan fingerprint density at radius 1 is 1.17 bits per heavy atom. The number of para-hydroxylation sites is 2. The Bertz CT molecular complexity index is 914. The molecule has 1 unspecified atom stereocenters. The molecule has 1 heterocycles. The predicted molar refractivity (Wildman–Crippen MR) is 115 cm³/mol. The van der Waals surface area contributed by atoms with Crippen LogP contribution in [-0.4, -0.2) is 47.9 Å². The number of amides is 2. The molecule has 2 aromatic rings. The number of rotatable bonds is 6. The molecule has 1 atom stereocenters. The van der Waals surface area contributed by atoms with E-state index in [-0.39, 0.29) is 18.2 Å². The molecule has 1 saturated heterocycles. The molecular formula is C21H23N3O4S. The fourth-order valence-corrected chi connectivity index (χ4v) is 4.03. The Morgan fingerprint density at radius 2 is 1.90 bits per heavy atom. The molecule has 7 nitrogen and oxygen atoms in total. The number of thioether (sulfide) groups is 1. The zero-order chi connectivity index (χ0) is 20.8. The summed E-state index contributed by atoms with van der Waals surface area (Å²) in [5, 5.41) is 2.78. The van der Waals surface area contributed by atoms with Crippen molar-refractivity contribution >= 4 is 40.1 Å². The molecule has 0 aromatic heterocycles. The maximum atomic E-state index is 12.8. The summed E-state index contributed by atoms with van der Waals surface area (Å²) < 4.78 is 10.5. The lowest BCUT2D eigenvalue weighted by Crippen LogP contribution is -2.45. The summed E-state index contributed by atoms with van der Waals surface area (Å²) >= 11 is 1.28. The molecule has 1 aliphatic rings. The Morgan fingerprint density at radius 3 is 2.55 bits per heavy atom. The van der Waals surface area contributed by atoms with Crippen molar-refractivity contribution < 1.29 is 19.1 Å². The Balaban J connectivity index is 1.81. The van der Waals surface area contributed by atoms with E-state index in [0.29, 0.717) is 34.6 Å². The van der Waals surface area contributed by atoms with Crippen LogP contribution in [-0.2, 0) is 9.59 Å². The summed E-state index contributed by atoms with van der Waals surface area (Å²) in [5.74, 6) is 0.940. The number of nitrogens with one attached hydrogen (secondary N) is 1. The molecule has 1 aliphatic heterocycles. The second kappa shape index (κ2) is 9.47. The first-order valence-corrected chi connectivity index (χ1v) is 10.1. The van der Waals surface area contributed by atoms with Crippen LogP contribution in [0.2, 0.25) is 0 Å². The monoisotopic (exact) mass is 413 g/mol. The smallest absolute Gasteiger partial charge is 0.238 e. The van der Waals surface area contributed by atoms with Gasteiger partial charge in [-0.25, -0.2) is 4.99 Å². The van der Waals surface area contributed by atoms with Crippen molar-refractivity contribution in [3.63, 3.8) is 0 Å². The van der Waals surface area contributed by atoms with E-state index in [0.717, 1.165) is 0 Å². The number of amidine groups is 1. The average Bonchev–Trinajstić information content (AvgIpc) is 2.74. The van der Waals surface area contributed by atoms with Crippen LogP contribution in [0.1, 0.15) is 13.3 Å². The second-order valence-electron chi connectivity index (χ2n) is 6.23. The van der Waals surface area contributed by atoms with Gasteiger partial charge in [-0.15, -0.1) is 0 Å². The van der Waals surface area contributed by atoms with Crippen molar-refractivity contribution in [3.05, 3.63) is 48.5 Å².